The Hall–Kier alpha value is -2.41. The molecule has 2 amide bonds. The summed E-state index contributed by atoms with van der Waals surface area (Å²) in [5.74, 6) is 0.968. The Balaban J connectivity index is 1.28. The van der Waals surface area contributed by atoms with Crippen LogP contribution in [-0.4, -0.2) is 70.3 Å². The molecule has 156 valence electrons. The number of nitrogens with zero attached hydrogens (tertiary/aromatic N) is 3. The molecule has 0 unspecified atom stereocenters. The van der Waals surface area contributed by atoms with E-state index in [-0.39, 0.29) is 17.9 Å². The number of aromatic amines is 1. The fourth-order valence-corrected chi connectivity index (χ4v) is 4.47. The Labute approximate surface area is 171 Å². The minimum Gasteiger partial charge on any atom is -0.360 e. The van der Waals surface area contributed by atoms with E-state index in [1.54, 1.807) is 12.4 Å². The average Bonchev–Trinajstić information content (AvgIpc) is 3.13. The summed E-state index contributed by atoms with van der Waals surface area (Å²) in [6.07, 6.45) is 9.99. The molecule has 2 saturated heterocycles. The maximum Gasteiger partial charge on any atom is 0.234 e. The molecule has 7 heteroatoms. The Morgan fingerprint density at radius 3 is 2.90 bits per heavy atom. The number of nitrogens with one attached hydrogen (secondary N) is 2. The minimum atomic E-state index is 0.0519. The predicted octanol–water partition coefficient (Wildman–Crippen LogP) is 1.94. The molecule has 0 aliphatic carbocycles. The number of pyridine rings is 1. The van der Waals surface area contributed by atoms with Gasteiger partial charge in [-0.15, -0.1) is 0 Å². The van der Waals surface area contributed by atoms with Gasteiger partial charge in [0.1, 0.15) is 0 Å². The zero-order chi connectivity index (χ0) is 20.2. The van der Waals surface area contributed by atoms with Crippen LogP contribution < -0.4 is 5.32 Å². The van der Waals surface area contributed by atoms with Crippen molar-refractivity contribution in [1.82, 2.24) is 25.1 Å². The van der Waals surface area contributed by atoms with Gasteiger partial charge in [0.25, 0.3) is 0 Å². The van der Waals surface area contributed by atoms with E-state index in [1.165, 1.54) is 12.8 Å². The van der Waals surface area contributed by atoms with Crippen molar-refractivity contribution >= 4 is 22.7 Å². The summed E-state index contributed by atoms with van der Waals surface area (Å²) in [7, 11) is 0. The molecule has 4 rings (SSSR count). The molecule has 2 aromatic heterocycles. The van der Waals surface area contributed by atoms with Gasteiger partial charge in [-0.05, 0) is 56.3 Å². The smallest absolute Gasteiger partial charge is 0.234 e. The summed E-state index contributed by atoms with van der Waals surface area (Å²) in [6, 6.07) is 1.99. The van der Waals surface area contributed by atoms with Gasteiger partial charge in [0.2, 0.25) is 11.8 Å². The first-order valence-electron chi connectivity index (χ1n) is 10.8. The Kier molecular flexibility index (Phi) is 6.13. The molecule has 29 heavy (non-hydrogen) atoms. The molecular formula is C22H31N5O2. The number of fused-ring (bicyclic) bond motifs is 1. The van der Waals surface area contributed by atoms with E-state index in [0.717, 1.165) is 54.9 Å². The monoisotopic (exact) mass is 397 g/mol. The zero-order valence-corrected chi connectivity index (χ0v) is 17.2. The third kappa shape index (κ3) is 4.96. The van der Waals surface area contributed by atoms with Gasteiger partial charge >= 0.3 is 0 Å². The summed E-state index contributed by atoms with van der Waals surface area (Å²) in [5.41, 5.74) is 1.95. The van der Waals surface area contributed by atoms with E-state index in [9.17, 15) is 9.59 Å². The van der Waals surface area contributed by atoms with E-state index in [0.29, 0.717) is 19.5 Å². The first-order chi connectivity index (χ1) is 14.1. The SMILES string of the molecule is CC1CCN(CC(=O)N[C@@H]2CCCN(C(=O)Cc3c[nH]c4cnccc34)C2)CC1. The standard InChI is InChI=1S/C22H31N5O2/c1-16-5-9-26(10-6-16)15-21(28)25-18-3-2-8-27(14-18)22(29)11-17-12-24-20-13-23-7-4-19(17)20/h4,7,12-13,16,18,24H,2-3,5-6,8-11,14-15H2,1H3,(H,25,28)/t18-/m1/s1. The van der Waals surface area contributed by atoms with Crippen LogP contribution in [0.1, 0.15) is 38.2 Å². The van der Waals surface area contributed by atoms with Crippen molar-refractivity contribution in [3.63, 3.8) is 0 Å². The number of hydrogen-bond donors (Lipinski definition) is 2. The van der Waals surface area contributed by atoms with Crippen molar-refractivity contribution < 1.29 is 9.59 Å². The van der Waals surface area contributed by atoms with Crippen LogP contribution in [0.25, 0.3) is 10.9 Å². The molecule has 7 nitrogen and oxygen atoms in total. The molecule has 4 heterocycles. The molecule has 2 N–H and O–H groups in total. The van der Waals surface area contributed by atoms with Crippen LogP contribution in [0.3, 0.4) is 0 Å². The number of piperidine rings is 2. The van der Waals surface area contributed by atoms with Crippen LogP contribution in [-0.2, 0) is 16.0 Å². The van der Waals surface area contributed by atoms with Gasteiger partial charge in [0.15, 0.2) is 0 Å². The summed E-state index contributed by atoms with van der Waals surface area (Å²) in [4.78, 5) is 36.8. The molecule has 2 aliphatic rings. The number of H-pyrrole nitrogens is 1. The first kappa shape index (κ1) is 19.9. The van der Waals surface area contributed by atoms with E-state index in [2.05, 4.69) is 27.1 Å². The van der Waals surface area contributed by atoms with Crippen LogP contribution in [0, 0.1) is 5.92 Å². The Morgan fingerprint density at radius 2 is 2.07 bits per heavy atom. The Bertz CT molecular complexity index is 856. The van der Waals surface area contributed by atoms with Crippen molar-refractivity contribution in [3.05, 3.63) is 30.2 Å². The fourth-order valence-electron chi connectivity index (χ4n) is 4.47. The molecular weight excluding hydrogens is 366 g/mol. The van der Waals surface area contributed by atoms with Gasteiger partial charge in [-0.25, -0.2) is 0 Å². The number of rotatable bonds is 5. The second-order valence-corrected chi connectivity index (χ2v) is 8.62. The van der Waals surface area contributed by atoms with Crippen molar-refractivity contribution in [2.75, 3.05) is 32.7 Å². The van der Waals surface area contributed by atoms with Gasteiger partial charge in [-0.3, -0.25) is 19.5 Å². The van der Waals surface area contributed by atoms with E-state index >= 15 is 0 Å². The third-order valence-electron chi connectivity index (χ3n) is 6.29. The largest absolute Gasteiger partial charge is 0.360 e. The van der Waals surface area contributed by atoms with Crippen LogP contribution in [0.4, 0.5) is 0 Å². The highest BCUT2D eigenvalue weighted by Gasteiger charge is 2.26. The van der Waals surface area contributed by atoms with Crippen molar-refractivity contribution in [2.45, 2.75) is 45.1 Å². The number of aromatic nitrogens is 2. The van der Waals surface area contributed by atoms with Gasteiger partial charge in [0.05, 0.1) is 24.7 Å². The first-order valence-corrected chi connectivity index (χ1v) is 10.8. The van der Waals surface area contributed by atoms with Crippen molar-refractivity contribution in [2.24, 2.45) is 5.92 Å². The molecule has 0 bridgehead atoms. The van der Waals surface area contributed by atoms with Gasteiger partial charge < -0.3 is 15.2 Å². The third-order valence-corrected chi connectivity index (χ3v) is 6.29. The Morgan fingerprint density at radius 1 is 1.24 bits per heavy atom. The maximum absolute atomic E-state index is 12.9. The summed E-state index contributed by atoms with van der Waals surface area (Å²) in [5, 5.41) is 4.21. The average molecular weight is 398 g/mol. The number of amides is 2. The molecule has 2 aromatic rings. The summed E-state index contributed by atoms with van der Waals surface area (Å²) >= 11 is 0. The molecule has 2 aliphatic heterocycles. The van der Waals surface area contributed by atoms with E-state index in [1.807, 2.05) is 17.2 Å². The highest BCUT2D eigenvalue weighted by molar-refractivity contribution is 5.88. The van der Waals surface area contributed by atoms with Gasteiger partial charge in [0, 0.05) is 36.9 Å². The number of hydrogen-bond acceptors (Lipinski definition) is 4. The van der Waals surface area contributed by atoms with Crippen LogP contribution in [0.15, 0.2) is 24.7 Å². The maximum atomic E-state index is 12.9. The van der Waals surface area contributed by atoms with Crippen LogP contribution in [0.5, 0.6) is 0 Å². The molecule has 0 spiro atoms. The minimum absolute atomic E-state index is 0.0519. The van der Waals surface area contributed by atoms with Gasteiger partial charge in [-0.2, -0.15) is 0 Å². The lowest BCUT2D eigenvalue weighted by Gasteiger charge is -2.34. The normalized spacial score (nSPS) is 21.4. The highest BCUT2D eigenvalue weighted by Crippen LogP contribution is 2.19. The van der Waals surface area contributed by atoms with E-state index < -0.39 is 0 Å². The molecule has 0 radical (unpaired) electrons. The highest BCUT2D eigenvalue weighted by atomic mass is 16.2. The predicted molar refractivity (Wildman–Crippen MR) is 112 cm³/mol. The lowest BCUT2D eigenvalue weighted by atomic mass is 9.99. The topological polar surface area (TPSA) is 81.3 Å². The fraction of sp³-hybridized carbons (Fsp3) is 0.591. The number of carbonyl (C=O) groups is 2. The lowest BCUT2D eigenvalue weighted by molar-refractivity contribution is -0.133. The second kappa shape index (κ2) is 8.95. The summed E-state index contributed by atoms with van der Waals surface area (Å²) < 4.78 is 0. The summed E-state index contributed by atoms with van der Waals surface area (Å²) in [6.45, 7) is 6.12. The van der Waals surface area contributed by atoms with Crippen LogP contribution in [0.2, 0.25) is 0 Å². The van der Waals surface area contributed by atoms with Crippen molar-refractivity contribution in [1.29, 1.82) is 0 Å². The lowest BCUT2D eigenvalue weighted by Crippen LogP contribution is -2.52. The molecule has 0 aromatic carbocycles. The zero-order valence-electron chi connectivity index (χ0n) is 17.2. The van der Waals surface area contributed by atoms with Gasteiger partial charge in [-0.1, -0.05) is 6.92 Å². The second-order valence-electron chi connectivity index (χ2n) is 8.62. The van der Waals surface area contributed by atoms with Crippen LogP contribution >= 0.6 is 0 Å². The quantitative estimate of drug-likeness (QED) is 0.808. The van der Waals surface area contributed by atoms with Crippen molar-refractivity contribution in [3.8, 4) is 0 Å². The number of carbonyl (C=O) groups excluding carboxylic acids is 2. The molecule has 1 atom stereocenters. The van der Waals surface area contributed by atoms with E-state index in [4.69, 9.17) is 0 Å². The number of likely N-dealkylation sites (tertiary alicyclic amines) is 2. The molecule has 2 fully saturated rings. The molecule has 0 saturated carbocycles.